The van der Waals surface area contributed by atoms with Crippen LogP contribution in [0.25, 0.3) is 0 Å². The van der Waals surface area contributed by atoms with E-state index in [1.807, 2.05) is 37.3 Å². The minimum Gasteiger partial charge on any atom is -0.376 e. The number of carbonyl (C=O) groups excluding carboxylic acids is 1. The van der Waals surface area contributed by atoms with Crippen molar-refractivity contribution in [3.05, 3.63) is 42.7 Å². The molecule has 5 heteroatoms. The lowest BCUT2D eigenvalue weighted by Gasteiger charge is -2.05. The summed E-state index contributed by atoms with van der Waals surface area (Å²) in [4.78, 5) is 11.7. The van der Waals surface area contributed by atoms with Gasteiger partial charge in [0.15, 0.2) is 0 Å². The van der Waals surface area contributed by atoms with Crippen LogP contribution in [-0.4, -0.2) is 22.2 Å². The molecule has 0 unspecified atom stereocenters. The molecule has 2 rings (SSSR count). The molecule has 0 spiro atoms. The van der Waals surface area contributed by atoms with Gasteiger partial charge in [-0.25, -0.2) is 0 Å². The fourth-order valence-electron chi connectivity index (χ4n) is 1.54. The van der Waals surface area contributed by atoms with Gasteiger partial charge < -0.3 is 10.6 Å². The fraction of sp³-hybridized carbons (Fsp3) is 0.231. The number of rotatable bonds is 5. The van der Waals surface area contributed by atoms with Gasteiger partial charge in [-0.2, -0.15) is 5.10 Å². The summed E-state index contributed by atoms with van der Waals surface area (Å²) >= 11 is 0. The van der Waals surface area contributed by atoms with Crippen LogP contribution >= 0.6 is 0 Å². The number of nitrogens with zero attached hydrogens (tertiary/aromatic N) is 2. The van der Waals surface area contributed by atoms with Gasteiger partial charge >= 0.3 is 0 Å². The van der Waals surface area contributed by atoms with Crippen molar-refractivity contribution in [2.75, 3.05) is 17.2 Å². The highest BCUT2D eigenvalue weighted by atomic mass is 16.1. The van der Waals surface area contributed by atoms with E-state index >= 15 is 0 Å². The van der Waals surface area contributed by atoms with E-state index in [0.29, 0.717) is 0 Å². The maximum atomic E-state index is 11.7. The Morgan fingerprint density at radius 3 is 2.72 bits per heavy atom. The van der Waals surface area contributed by atoms with Crippen LogP contribution in [0.3, 0.4) is 0 Å². The zero-order valence-electron chi connectivity index (χ0n) is 10.3. The average Bonchev–Trinajstić information content (AvgIpc) is 2.85. The van der Waals surface area contributed by atoms with Crippen molar-refractivity contribution in [3.8, 4) is 0 Å². The number of carbonyl (C=O) groups is 1. The summed E-state index contributed by atoms with van der Waals surface area (Å²) < 4.78 is 1.76. The molecule has 0 saturated carbocycles. The molecular formula is C13H16N4O. The van der Waals surface area contributed by atoms with Gasteiger partial charge in [0.1, 0.15) is 0 Å². The smallest absolute Gasteiger partial charge is 0.243 e. The predicted octanol–water partition coefficient (Wildman–Crippen LogP) is 1.95. The summed E-state index contributed by atoms with van der Waals surface area (Å²) in [6, 6.07) is 9.62. The SMILES string of the molecule is CCn1cc(NC(=O)CNc2ccccc2)cn1. The third-order valence-corrected chi connectivity index (χ3v) is 2.47. The van der Waals surface area contributed by atoms with Crippen LogP contribution in [0.4, 0.5) is 11.4 Å². The Morgan fingerprint density at radius 1 is 1.28 bits per heavy atom. The zero-order valence-corrected chi connectivity index (χ0v) is 10.3. The minimum atomic E-state index is -0.0884. The Morgan fingerprint density at radius 2 is 2.06 bits per heavy atom. The average molecular weight is 244 g/mol. The molecule has 2 aromatic rings. The van der Waals surface area contributed by atoms with Crippen LogP contribution in [0.15, 0.2) is 42.7 Å². The molecule has 94 valence electrons. The summed E-state index contributed by atoms with van der Waals surface area (Å²) in [5.41, 5.74) is 1.65. The highest BCUT2D eigenvalue weighted by Crippen LogP contribution is 2.06. The number of para-hydroxylation sites is 1. The van der Waals surface area contributed by atoms with Crippen LogP contribution in [0.1, 0.15) is 6.92 Å². The molecule has 1 aromatic heterocycles. The van der Waals surface area contributed by atoms with Gasteiger partial charge in [0.2, 0.25) is 5.91 Å². The Bertz CT molecular complexity index is 507. The third-order valence-electron chi connectivity index (χ3n) is 2.47. The quantitative estimate of drug-likeness (QED) is 0.845. The molecule has 0 bridgehead atoms. The molecule has 0 saturated heterocycles. The van der Waals surface area contributed by atoms with Crippen LogP contribution in [0, 0.1) is 0 Å². The first-order valence-electron chi connectivity index (χ1n) is 5.89. The lowest BCUT2D eigenvalue weighted by molar-refractivity contribution is -0.114. The molecule has 0 fully saturated rings. The number of benzene rings is 1. The van der Waals surface area contributed by atoms with E-state index < -0.39 is 0 Å². The van der Waals surface area contributed by atoms with Crippen molar-refractivity contribution in [3.63, 3.8) is 0 Å². The molecule has 1 aromatic carbocycles. The molecule has 0 aliphatic heterocycles. The molecule has 1 heterocycles. The molecule has 0 aliphatic carbocycles. The van der Waals surface area contributed by atoms with Crippen LogP contribution < -0.4 is 10.6 Å². The highest BCUT2D eigenvalue weighted by molar-refractivity contribution is 5.93. The van der Waals surface area contributed by atoms with Crippen molar-refractivity contribution in [2.45, 2.75) is 13.5 Å². The summed E-state index contributed by atoms with van der Waals surface area (Å²) in [6.45, 7) is 3.02. The van der Waals surface area contributed by atoms with Gasteiger partial charge in [0.05, 0.1) is 18.4 Å². The first kappa shape index (κ1) is 12.2. The Labute approximate surface area is 106 Å². The lowest BCUT2D eigenvalue weighted by atomic mass is 10.3. The van der Waals surface area contributed by atoms with Crippen LogP contribution in [0.5, 0.6) is 0 Å². The van der Waals surface area contributed by atoms with Gasteiger partial charge in [0, 0.05) is 18.4 Å². The molecule has 5 nitrogen and oxygen atoms in total. The number of hydrogen-bond donors (Lipinski definition) is 2. The number of hydrogen-bond acceptors (Lipinski definition) is 3. The summed E-state index contributed by atoms with van der Waals surface area (Å²) in [5.74, 6) is -0.0884. The van der Waals surface area contributed by atoms with E-state index in [0.717, 1.165) is 17.9 Å². The number of aryl methyl sites for hydroxylation is 1. The van der Waals surface area contributed by atoms with Gasteiger partial charge in [-0.05, 0) is 19.1 Å². The number of amides is 1. The fourth-order valence-corrected chi connectivity index (χ4v) is 1.54. The van der Waals surface area contributed by atoms with E-state index in [-0.39, 0.29) is 12.5 Å². The molecule has 0 atom stereocenters. The molecule has 18 heavy (non-hydrogen) atoms. The van der Waals surface area contributed by atoms with Crippen molar-refractivity contribution >= 4 is 17.3 Å². The van der Waals surface area contributed by atoms with Crippen molar-refractivity contribution in [2.24, 2.45) is 0 Å². The maximum Gasteiger partial charge on any atom is 0.243 e. The number of aromatic nitrogens is 2. The third kappa shape index (κ3) is 3.35. The topological polar surface area (TPSA) is 59.0 Å². The second-order valence-electron chi connectivity index (χ2n) is 3.85. The second kappa shape index (κ2) is 5.86. The van der Waals surface area contributed by atoms with E-state index in [1.54, 1.807) is 17.1 Å². The van der Waals surface area contributed by atoms with Crippen molar-refractivity contribution < 1.29 is 4.79 Å². The highest BCUT2D eigenvalue weighted by Gasteiger charge is 2.03. The van der Waals surface area contributed by atoms with Gasteiger partial charge in [0.25, 0.3) is 0 Å². The molecule has 2 N–H and O–H groups in total. The predicted molar refractivity (Wildman–Crippen MR) is 71.5 cm³/mol. The van der Waals surface area contributed by atoms with Crippen molar-refractivity contribution in [1.29, 1.82) is 0 Å². The standard InChI is InChI=1S/C13H16N4O/c1-2-17-10-12(8-15-17)16-13(18)9-14-11-6-4-3-5-7-11/h3-8,10,14H,2,9H2,1H3,(H,16,18). The summed E-state index contributed by atoms with van der Waals surface area (Å²) in [7, 11) is 0. The van der Waals surface area contributed by atoms with E-state index in [2.05, 4.69) is 15.7 Å². The first-order valence-corrected chi connectivity index (χ1v) is 5.89. The first-order chi connectivity index (χ1) is 8.78. The molecule has 0 aliphatic rings. The minimum absolute atomic E-state index is 0.0884. The normalized spacial score (nSPS) is 10.1. The number of anilines is 2. The Hall–Kier alpha value is -2.30. The van der Waals surface area contributed by atoms with Gasteiger partial charge in [-0.1, -0.05) is 18.2 Å². The molecule has 1 amide bonds. The van der Waals surface area contributed by atoms with Gasteiger partial charge in [-0.3, -0.25) is 9.48 Å². The monoisotopic (exact) mass is 244 g/mol. The number of nitrogens with one attached hydrogen (secondary N) is 2. The van der Waals surface area contributed by atoms with Crippen molar-refractivity contribution in [1.82, 2.24) is 9.78 Å². The van der Waals surface area contributed by atoms with E-state index in [4.69, 9.17) is 0 Å². The largest absolute Gasteiger partial charge is 0.376 e. The van der Waals surface area contributed by atoms with Crippen LogP contribution in [0.2, 0.25) is 0 Å². The second-order valence-corrected chi connectivity index (χ2v) is 3.85. The Kier molecular flexibility index (Phi) is 3.96. The maximum absolute atomic E-state index is 11.7. The lowest BCUT2D eigenvalue weighted by Crippen LogP contribution is -2.21. The Balaban J connectivity index is 1.82. The van der Waals surface area contributed by atoms with Gasteiger partial charge in [-0.15, -0.1) is 0 Å². The summed E-state index contributed by atoms with van der Waals surface area (Å²) in [5, 5.41) is 9.92. The van der Waals surface area contributed by atoms with Crippen LogP contribution in [-0.2, 0) is 11.3 Å². The summed E-state index contributed by atoms with van der Waals surface area (Å²) in [6.07, 6.45) is 3.45. The van der Waals surface area contributed by atoms with E-state index in [9.17, 15) is 4.79 Å². The zero-order chi connectivity index (χ0) is 12.8. The molecule has 0 radical (unpaired) electrons. The molecular weight excluding hydrogens is 228 g/mol. The van der Waals surface area contributed by atoms with E-state index in [1.165, 1.54) is 0 Å².